The number of carbonyl (C=O) groups excluding carboxylic acids is 1. The van der Waals surface area contributed by atoms with Crippen LogP contribution in [-0.4, -0.2) is 22.5 Å². The quantitative estimate of drug-likeness (QED) is 0.852. The van der Waals surface area contributed by atoms with Crippen molar-refractivity contribution in [3.8, 4) is 0 Å². The van der Waals surface area contributed by atoms with Crippen LogP contribution in [-0.2, 0) is 0 Å². The van der Waals surface area contributed by atoms with Crippen molar-refractivity contribution in [1.82, 2.24) is 10.3 Å². The molecule has 0 radical (unpaired) electrons. The lowest BCUT2D eigenvalue weighted by atomic mass is 10.2. The van der Waals surface area contributed by atoms with Gasteiger partial charge in [0.1, 0.15) is 11.3 Å². The molecule has 0 aliphatic rings. The largest absolute Gasteiger partial charge is 0.386 e. The van der Waals surface area contributed by atoms with E-state index in [9.17, 15) is 9.90 Å². The predicted octanol–water partition coefficient (Wildman–Crippen LogP) is 2.91. The third-order valence-corrected chi connectivity index (χ3v) is 3.91. The third-order valence-electron chi connectivity index (χ3n) is 2.37. The van der Waals surface area contributed by atoms with Crippen LogP contribution in [0.15, 0.2) is 30.5 Å². The average Bonchev–Trinajstić information content (AvgIpc) is 2.82. The minimum atomic E-state index is -0.779. The fourth-order valence-electron chi connectivity index (χ4n) is 1.44. The lowest BCUT2D eigenvalue weighted by molar-refractivity contribution is 0.0918. The molecule has 2 aromatic rings. The van der Waals surface area contributed by atoms with E-state index in [4.69, 9.17) is 23.2 Å². The first kappa shape index (κ1) is 14.3. The molecule has 0 saturated carbocycles. The molecule has 19 heavy (non-hydrogen) atoms. The van der Waals surface area contributed by atoms with Crippen molar-refractivity contribution in [3.63, 3.8) is 0 Å². The van der Waals surface area contributed by atoms with Gasteiger partial charge in [-0.1, -0.05) is 23.2 Å². The number of nitrogens with zero attached hydrogens (tertiary/aromatic N) is 1. The van der Waals surface area contributed by atoms with Crippen LogP contribution < -0.4 is 5.32 Å². The van der Waals surface area contributed by atoms with Crippen molar-refractivity contribution >= 4 is 40.4 Å². The van der Waals surface area contributed by atoms with Crippen LogP contribution in [0.5, 0.6) is 0 Å². The van der Waals surface area contributed by atoms with Gasteiger partial charge in [0.15, 0.2) is 0 Å². The van der Waals surface area contributed by atoms with Gasteiger partial charge in [-0.05, 0) is 24.3 Å². The lowest BCUT2D eigenvalue weighted by Crippen LogP contribution is -2.28. The topological polar surface area (TPSA) is 62.2 Å². The smallest absolute Gasteiger partial charge is 0.251 e. The standard InChI is InChI=1S/C12H10Cl2N2O2S/c13-10-5-7(3-4-15-10)12(18)16-6-8(17)9-1-2-11(14)19-9/h1-5,8,17H,6H2,(H,16,18)/t8-/m0/s1. The molecular formula is C12H10Cl2N2O2S. The summed E-state index contributed by atoms with van der Waals surface area (Å²) in [6.07, 6.45) is 0.672. The molecule has 0 spiro atoms. The van der Waals surface area contributed by atoms with Crippen LogP contribution in [0, 0.1) is 0 Å². The van der Waals surface area contributed by atoms with E-state index in [1.54, 1.807) is 18.2 Å². The maximum Gasteiger partial charge on any atom is 0.251 e. The summed E-state index contributed by atoms with van der Waals surface area (Å²) in [5.74, 6) is -0.314. The summed E-state index contributed by atoms with van der Waals surface area (Å²) in [7, 11) is 0. The van der Waals surface area contributed by atoms with Crippen molar-refractivity contribution in [2.45, 2.75) is 6.10 Å². The highest BCUT2D eigenvalue weighted by atomic mass is 35.5. The second kappa shape index (κ2) is 6.34. The van der Waals surface area contributed by atoms with Crippen molar-refractivity contribution in [2.75, 3.05) is 6.54 Å². The Kier molecular flexibility index (Phi) is 4.76. The number of nitrogens with one attached hydrogen (secondary N) is 1. The van der Waals surface area contributed by atoms with Gasteiger partial charge < -0.3 is 10.4 Å². The van der Waals surface area contributed by atoms with Gasteiger partial charge in [-0.3, -0.25) is 4.79 Å². The summed E-state index contributed by atoms with van der Waals surface area (Å²) in [4.78, 5) is 16.3. The number of rotatable bonds is 4. The van der Waals surface area contributed by atoms with Crippen LogP contribution in [0.3, 0.4) is 0 Å². The number of aliphatic hydroxyl groups is 1. The number of pyridine rings is 1. The summed E-state index contributed by atoms with van der Waals surface area (Å²) in [5.41, 5.74) is 0.399. The van der Waals surface area contributed by atoms with E-state index in [1.807, 2.05) is 0 Å². The van der Waals surface area contributed by atoms with Gasteiger partial charge in [0.2, 0.25) is 0 Å². The molecule has 2 N–H and O–H groups in total. The second-order valence-corrected chi connectivity index (χ2v) is 5.87. The summed E-state index contributed by atoms with van der Waals surface area (Å²) >= 11 is 12.8. The van der Waals surface area contributed by atoms with Gasteiger partial charge in [0.25, 0.3) is 5.91 Å². The van der Waals surface area contributed by atoms with Crippen LogP contribution in [0.25, 0.3) is 0 Å². The maximum absolute atomic E-state index is 11.8. The molecule has 2 heterocycles. The highest BCUT2D eigenvalue weighted by molar-refractivity contribution is 7.16. The molecule has 0 saturated heterocycles. The first-order chi connectivity index (χ1) is 9.06. The molecule has 2 rings (SSSR count). The van der Waals surface area contributed by atoms with E-state index in [-0.39, 0.29) is 17.6 Å². The molecule has 0 aliphatic carbocycles. The van der Waals surface area contributed by atoms with Crippen LogP contribution in [0.4, 0.5) is 0 Å². The fraction of sp³-hybridized carbons (Fsp3) is 0.167. The SMILES string of the molecule is O=C(NC[C@H](O)c1ccc(Cl)s1)c1ccnc(Cl)c1. The zero-order chi connectivity index (χ0) is 13.8. The highest BCUT2D eigenvalue weighted by Crippen LogP contribution is 2.26. The summed E-state index contributed by atoms with van der Waals surface area (Å²) in [6.45, 7) is 0.107. The van der Waals surface area contributed by atoms with Crippen molar-refractivity contribution in [1.29, 1.82) is 0 Å². The molecule has 0 aromatic carbocycles. The monoisotopic (exact) mass is 316 g/mol. The van der Waals surface area contributed by atoms with Crippen LogP contribution in [0.2, 0.25) is 9.49 Å². The van der Waals surface area contributed by atoms with E-state index in [0.717, 1.165) is 0 Å². The van der Waals surface area contributed by atoms with E-state index < -0.39 is 6.10 Å². The summed E-state index contributed by atoms with van der Waals surface area (Å²) in [5, 5.41) is 12.8. The fourth-order valence-corrected chi connectivity index (χ4v) is 2.66. The molecular weight excluding hydrogens is 307 g/mol. The zero-order valence-electron chi connectivity index (χ0n) is 9.64. The molecule has 0 bridgehead atoms. The van der Waals surface area contributed by atoms with E-state index >= 15 is 0 Å². The number of amides is 1. The number of aromatic nitrogens is 1. The number of halogens is 2. The van der Waals surface area contributed by atoms with Gasteiger partial charge in [-0.15, -0.1) is 11.3 Å². The third kappa shape index (κ3) is 3.91. The molecule has 0 aliphatic heterocycles. The molecule has 4 nitrogen and oxygen atoms in total. The predicted molar refractivity (Wildman–Crippen MR) is 75.9 cm³/mol. The van der Waals surface area contributed by atoms with Crippen molar-refractivity contribution in [2.24, 2.45) is 0 Å². The summed E-state index contributed by atoms with van der Waals surface area (Å²) < 4.78 is 0.598. The highest BCUT2D eigenvalue weighted by Gasteiger charge is 2.13. The Labute approximate surface area is 124 Å². The van der Waals surface area contributed by atoms with Gasteiger partial charge in [-0.2, -0.15) is 0 Å². The maximum atomic E-state index is 11.8. The van der Waals surface area contributed by atoms with E-state index in [1.165, 1.54) is 23.6 Å². The van der Waals surface area contributed by atoms with Crippen molar-refractivity contribution in [3.05, 3.63) is 50.4 Å². The first-order valence-corrected chi connectivity index (χ1v) is 6.96. The number of carbonyl (C=O) groups is 1. The van der Waals surface area contributed by atoms with Crippen LogP contribution >= 0.6 is 34.5 Å². The lowest BCUT2D eigenvalue weighted by Gasteiger charge is -2.10. The van der Waals surface area contributed by atoms with E-state index in [2.05, 4.69) is 10.3 Å². The molecule has 0 fully saturated rings. The Morgan fingerprint density at radius 3 is 2.84 bits per heavy atom. The Balaban J connectivity index is 1.93. The second-order valence-electron chi connectivity index (χ2n) is 3.73. The Hall–Kier alpha value is -1.14. The average molecular weight is 317 g/mol. The number of thiophene rings is 1. The molecule has 1 atom stereocenters. The molecule has 100 valence electrons. The normalized spacial score (nSPS) is 12.2. The first-order valence-electron chi connectivity index (χ1n) is 5.39. The minimum absolute atomic E-state index is 0.107. The Morgan fingerprint density at radius 1 is 1.42 bits per heavy atom. The van der Waals surface area contributed by atoms with Gasteiger partial charge >= 0.3 is 0 Å². The minimum Gasteiger partial charge on any atom is -0.386 e. The number of hydrogen-bond acceptors (Lipinski definition) is 4. The van der Waals surface area contributed by atoms with Gasteiger partial charge in [-0.25, -0.2) is 4.98 Å². The van der Waals surface area contributed by atoms with Crippen LogP contribution in [0.1, 0.15) is 21.3 Å². The molecule has 1 amide bonds. The molecule has 7 heteroatoms. The Bertz CT molecular complexity index is 589. The van der Waals surface area contributed by atoms with E-state index in [0.29, 0.717) is 14.8 Å². The number of aliphatic hydroxyl groups excluding tert-OH is 1. The zero-order valence-corrected chi connectivity index (χ0v) is 12.0. The number of hydrogen-bond donors (Lipinski definition) is 2. The van der Waals surface area contributed by atoms with Gasteiger partial charge in [0.05, 0.1) is 4.34 Å². The van der Waals surface area contributed by atoms with Crippen molar-refractivity contribution < 1.29 is 9.90 Å². The summed E-state index contributed by atoms with van der Waals surface area (Å²) in [6, 6.07) is 6.45. The van der Waals surface area contributed by atoms with Gasteiger partial charge in [0, 0.05) is 23.2 Å². The molecule has 0 unspecified atom stereocenters. The molecule has 2 aromatic heterocycles. The Morgan fingerprint density at radius 2 is 2.21 bits per heavy atom.